The summed E-state index contributed by atoms with van der Waals surface area (Å²) >= 11 is 0. The van der Waals surface area contributed by atoms with Gasteiger partial charge in [-0.2, -0.15) is 0 Å². The number of hydrogen-bond acceptors (Lipinski definition) is 0. The second-order valence-corrected chi connectivity index (χ2v) is 10.1. The van der Waals surface area contributed by atoms with Gasteiger partial charge in [0.1, 0.15) is 6.54 Å². The summed E-state index contributed by atoms with van der Waals surface area (Å²) in [7, 11) is 4.73. The van der Waals surface area contributed by atoms with Crippen LogP contribution >= 0.6 is 0 Å². The van der Waals surface area contributed by atoms with Gasteiger partial charge in [0.25, 0.3) is 0 Å². The predicted octanol–water partition coefficient (Wildman–Crippen LogP) is 9.17. The highest BCUT2D eigenvalue weighted by Crippen LogP contribution is 2.16. The van der Waals surface area contributed by atoms with E-state index in [0.29, 0.717) is 0 Å². The summed E-state index contributed by atoms with van der Waals surface area (Å²) in [6.07, 6.45) is 25.0. The maximum atomic E-state index is 3.89. The van der Waals surface area contributed by atoms with Crippen LogP contribution < -0.4 is 0 Å². The number of quaternary nitrogens is 1. The van der Waals surface area contributed by atoms with Gasteiger partial charge in [0, 0.05) is 5.56 Å². The lowest BCUT2D eigenvalue weighted by molar-refractivity contribution is -0.903. The van der Waals surface area contributed by atoms with E-state index in [1.165, 1.54) is 120 Å². The van der Waals surface area contributed by atoms with E-state index in [4.69, 9.17) is 0 Å². The Morgan fingerprint density at radius 3 is 1.63 bits per heavy atom. The first-order valence-electron chi connectivity index (χ1n) is 13.1. The quantitative estimate of drug-likeness (QED) is 0.147. The summed E-state index contributed by atoms with van der Waals surface area (Å²) < 4.78 is 1.08. The maximum absolute atomic E-state index is 3.89. The van der Waals surface area contributed by atoms with Crippen LogP contribution in [0.1, 0.15) is 121 Å². The zero-order valence-electron chi connectivity index (χ0n) is 20.8. The molecule has 0 bridgehead atoms. The number of benzene rings is 1. The minimum atomic E-state index is 1.08. The smallest absolute Gasteiger partial charge is 0.104 e. The van der Waals surface area contributed by atoms with Gasteiger partial charge < -0.3 is 4.48 Å². The molecule has 0 saturated heterocycles. The zero-order chi connectivity index (χ0) is 21.9. The molecule has 1 aromatic rings. The van der Waals surface area contributed by atoms with Crippen molar-refractivity contribution >= 4 is 6.08 Å². The molecule has 0 aliphatic carbocycles. The van der Waals surface area contributed by atoms with Crippen molar-refractivity contribution in [3.63, 3.8) is 0 Å². The molecule has 0 aliphatic heterocycles. The standard InChI is InChI=1S/C29H52N/c1-5-7-8-9-10-11-12-13-14-15-16-17-18-19-20-21-25-30(3,4)27-29-24-22-23-28(6-2)26-29/h6,22-24,26H,2,5,7-21,25,27H2,1,3-4H3/q+1. The summed E-state index contributed by atoms with van der Waals surface area (Å²) in [5.74, 6) is 0. The Hall–Kier alpha value is -1.08. The molecule has 0 spiro atoms. The van der Waals surface area contributed by atoms with Crippen LogP contribution in [0.3, 0.4) is 0 Å². The van der Waals surface area contributed by atoms with Crippen molar-refractivity contribution in [1.29, 1.82) is 0 Å². The Balaban J connectivity index is 1.91. The minimum absolute atomic E-state index is 1.08. The molecule has 0 unspecified atom stereocenters. The van der Waals surface area contributed by atoms with Crippen molar-refractivity contribution in [3.05, 3.63) is 42.0 Å². The molecule has 0 aliphatic rings. The van der Waals surface area contributed by atoms with Gasteiger partial charge in [-0.25, -0.2) is 0 Å². The van der Waals surface area contributed by atoms with Gasteiger partial charge in [-0.1, -0.05) is 128 Å². The lowest BCUT2D eigenvalue weighted by Crippen LogP contribution is -2.39. The van der Waals surface area contributed by atoms with Crippen molar-refractivity contribution in [2.24, 2.45) is 0 Å². The fraction of sp³-hybridized carbons (Fsp3) is 0.724. The Bertz CT molecular complexity index is 531. The molecule has 0 amide bonds. The lowest BCUT2D eigenvalue weighted by Gasteiger charge is -2.30. The van der Waals surface area contributed by atoms with Crippen molar-refractivity contribution in [3.8, 4) is 0 Å². The third-order valence-electron chi connectivity index (χ3n) is 6.41. The summed E-state index contributed by atoms with van der Waals surface area (Å²) in [5.41, 5.74) is 2.66. The van der Waals surface area contributed by atoms with Gasteiger partial charge in [-0.3, -0.25) is 0 Å². The van der Waals surface area contributed by atoms with Gasteiger partial charge in [-0.15, -0.1) is 0 Å². The molecule has 0 atom stereocenters. The maximum Gasteiger partial charge on any atom is 0.104 e. The average molecular weight is 415 g/mol. The van der Waals surface area contributed by atoms with E-state index in [2.05, 4.69) is 51.9 Å². The molecular formula is C29H52N+. The van der Waals surface area contributed by atoms with Crippen molar-refractivity contribution in [2.45, 2.75) is 116 Å². The zero-order valence-corrected chi connectivity index (χ0v) is 20.8. The molecule has 0 aromatic heterocycles. The molecule has 0 N–H and O–H groups in total. The van der Waals surface area contributed by atoms with Crippen LogP contribution in [0.2, 0.25) is 0 Å². The minimum Gasteiger partial charge on any atom is -0.325 e. The highest BCUT2D eigenvalue weighted by Gasteiger charge is 2.15. The number of nitrogens with zero attached hydrogens (tertiary/aromatic N) is 1. The number of rotatable bonds is 20. The molecule has 0 radical (unpaired) electrons. The molecule has 0 fully saturated rings. The molecule has 1 aromatic carbocycles. The summed E-state index contributed by atoms with van der Waals surface area (Å²) in [4.78, 5) is 0. The summed E-state index contributed by atoms with van der Waals surface area (Å²) in [6, 6.07) is 8.81. The predicted molar refractivity (Wildman–Crippen MR) is 137 cm³/mol. The van der Waals surface area contributed by atoms with Crippen LogP contribution in [-0.4, -0.2) is 25.1 Å². The second kappa shape index (κ2) is 17.6. The third-order valence-corrected chi connectivity index (χ3v) is 6.41. The van der Waals surface area contributed by atoms with E-state index < -0.39 is 0 Å². The Morgan fingerprint density at radius 2 is 1.17 bits per heavy atom. The normalized spacial score (nSPS) is 11.7. The van der Waals surface area contributed by atoms with Crippen molar-refractivity contribution in [2.75, 3.05) is 20.6 Å². The molecule has 172 valence electrons. The van der Waals surface area contributed by atoms with E-state index in [0.717, 1.165) is 11.0 Å². The van der Waals surface area contributed by atoms with Crippen molar-refractivity contribution in [1.82, 2.24) is 0 Å². The van der Waals surface area contributed by atoms with E-state index in [1.807, 2.05) is 6.08 Å². The average Bonchev–Trinajstić information content (AvgIpc) is 2.73. The van der Waals surface area contributed by atoms with Crippen LogP contribution in [0.5, 0.6) is 0 Å². The highest BCUT2D eigenvalue weighted by molar-refractivity contribution is 5.47. The first kappa shape index (κ1) is 27.0. The van der Waals surface area contributed by atoms with Crippen LogP contribution in [0, 0.1) is 0 Å². The fourth-order valence-corrected chi connectivity index (χ4v) is 4.48. The van der Waals surface area contributed by atoms with E-state index in [-0.39, 0.29) is 0 Å². The molecule has 1 rings (SSSR count). The lowest BCUT2D eigenvalue weighted by atomic mass is 10.0. The Morgan fingerprint density at radius 1 is 0.700 bits per heavy atom. The molecule has 1 heteroatoms. The van der Waals surface area contributed by atoms with Gasteiger partial charge in [0.05, 0.1) is 20.6 Å². The van der Waals surface area contributed by atoms with E-state index in [9.17, 15) is 0 Å². The Labute approximate surface area is 189 Å². The molecule has 30 heavy (non-hydrogen) atoms. The molecule has 0 saturated carbocycles. The van der Waals surface area contributed by atoms with Crippen LogP contribution in [0.4, 0.5) is 0 Å². The fourth-order valence-electron chi connectivity index (χ4n) is 4.48. The van der Waals surface area contributed by atoms with Gasteiger partial charge in [-0.05, 0) is 24.5 Å². The first-order chi connectivity index (χ1) is 14.6. The van der Waals surface area contributed by atoms with Crippen LogP contribution in [-0.2, 0) is 6.54 Å². The van der Waals surface area contributed by atoms with E-state index in [1.54, 1.807) is 0 Å². The second-order valence-electron chi connectivity index (χ2n) is 10.1. The molecular weight excluding hydrogens is 362 g/mol. The SMILES string of the molecule is C=Cc1cccc(C[N+](C)(C)CCCCCCCCCCCCCCCCCC)c1. The molecule has 1 nitrogen and oxygen atoms in total. The van der Waals surface area contributed by atoms with Crippen LogP contribution in [0.15, 0.2) is 30.8 Å². The van der Waals surface area contributed by atoms with Crippen LogP contribution in [0.25, 0.3) is 6.08 Å². The van der Waals surface area contributed by atoms with Gasteiger partial charge in [0.2, 0.25) is 0 Å². The topological polar surface area (TPSA) is 0 Å². The molecule has 0 heterocycles. The monoisotopic (exact) mass is 414 g/mol. The Kier molecular flexibility index (Phi) is 15.8. The van der Waals surface area contributed by atoms with E-state index >= 15 is 0 Å². The summed E-state index contributed by atoms with van der Waals surface area (Å²) in [5, 5.41) is 0. The largest absolute Gasteiger partial charge is 0.325 e. The summed E-state index contributed by atoms with van der Waals surface area (Å²) in [6.45, 7) is 8.57. The third kappa shape index (κ3) is 14.8. The van der Waals surface area contributed by atoms with Crippen molar-refractivity contribution < 1.29 is 4.48 Å². The van der Waals surface area contributed by atoms with Gasteiger partial charge >= 0.3 is 0 Å². The number of unbranched alkanes of at least 4 members (excludes halogenated alkanes) is 15. The number of hydrogen-bond donors (Lipinski definition) is 0. The van der Waals surface area contributed by atoms with Gasteiger partial charge in [0.15, 0.2) is 0 Å². The highest BCUT2D eigenvalue weighted by atomic mass is 15.3. The first-order valence-corrected chi connectivity index (χ1v) is 13.1.